The average molecular weight is 357 g/mol. The lowest BCUT2D eigenvalue weighted by Crippen LogP contribution is -1.96. The Balaban J connectivity index is 2.29. The third kappa shape index (κ3) is 1.89. The van der Waals surface area contributed by atoms with Crippen LogP contribution in [-0.4, -0.2) is 19.8 Å². The van der Waals surface area contributed by atoms with Crippen LogP contribution < -0.4 is 0 Å². The van der Waals surface area contributed by atoms with Crippen LogP contribution in [-0.2, 0) is 0 Å². The van der Waals surface area contributed by atoms with Crippen molar-refractivity contribution in [2.75, 3.05) is 0 Å². The van der Waals surface area contributed by atoms with Crippen molar-refractivity contribution in [3.63, 3.8) is 0 Å². The summed E-state index contributed by atoms with van der Waals surface area (Å²) in [6.07, 6.45) is 0. The van der Waals surface area contributed by atoms with Gasteiger partial charge in [0.05, 0.1) is 3.57 Å². The van der Waals surface area contributed by atoms with Crippen LogP contribution in [0.1, 0.15) is 0 Å². The van der Waals surface area contributed by atoms with Crippen molar-refractivity contribution >= 4 is 39.8 Å². The van der Waals surface area contributed by atoms with Gasteiger partial charge in [0, 0.05) is 11.6 Å². The lowest BCUT2D eigenvalue weighted by molar-refractivity contribution is 0.931. The molecule has 0 amide bonds. The van der Waals surface area contributed by atoms with Gasteiger partial charge in [-0.1, -0.05) is 41.9 Å². The lowest BCUT2D eigenvalue weighted by Gasteiger charge is -2.00. The Bertz CT molecular complexity index is 681. The minimum Gasteiger partial charge on any atom is -0.191 e. The van der Waals surface area contributed by atoms with Crippen molar-refractivity contribution in [1.82, 2.24) is 19.8 Å². The van der Waals surface area contributed by atoms with E-state index in [1.807, 2.05) is 36.4 Å². The molecule has 84 valence electrons. The molecule has 0 fully saturated rings. The molecule has 0 bridgehead atoms. The first-order valence-corrected chi connectivity index (χ1v) is 6.34. The fourth-order valence-electron chi connectivity index (χ4n) is 1.56. The second-order valence-corrected chi connectivity index (χ2v) is 4.96. The van der Waals surface area contributed by atoms with E-state index in [9.17, 15) is 0 Å². The van der Waals surface area contributed by atoms with E-state index in [4.69, 9.17) is 11.6 Å². The van der Waals surface area contributed by atoms with Crippen molar-refractivity contribution in [3.8, 4) is 11.4 Å². The Morgan fingerprint density at radius 1 is 1.12 bits per heavy atom. The highest BCUT2D eigenvalue weighted by molar-refractivity contribution is 14.1. The molecule has 0 aliphatic carbocycles. The molecule has 3 rings (SSSR count). The smallest absolute Gasteiger partial charge is 0.185 e. The number of hydrogen-bond donors (Lipinski definition) is 0. The van der Waals surface area contributed by atoms with Crippen LogP contribution in [0.15, 0.2) is 36.4 Å². The topological polar surface area (TPSA) is 43.1 Å². The Hall–Kier alpha value is -1.21. The molecular weight excluding hydrogens is 351 g/mol. The molecule has 0 N–H and O–H groups in total. The van der Waals surface area contributed by atoms with Crippen LogP contribution in [0.2, 0.25) is 5.15 Å². The summed E-state index contributed by atoms with van der Waals surface area (Å²) in [6.45, 7) is 0. The number of rotatable bonds is 1. The number of hydrogen-bond acceptors (Lipinski definition) is 3. The first-order valence-electron chi connectivity index (χ1n) is 4.88. The van der Waals surface area contributed by atoms with Crippen LogP contribution >= 0.6 is 34.2 Å². The molecule has 0 unspecified atom stereocenters. The second-order valence-electron chi connectivity index (χ2n) is 3.44. The van der Waals surface area contributed by atoms with Crippen LogP contribution in [0.3, 0.4) is 0 Å². The molecule has 1 aromatic carbocycles. The van der Waals surface area contributed by atoms with E-state index in [1.54, 1.807) is 4.52 Å². The molecule has 0 saturated carbocycles. The summed E-state index contributed by atoms with van der Waals surface area (Å²) in [4.78, 5) is 0. The third-order valence-corrected chi connectivity index (χ3v) is 3.76. The van der Waals surface area contributed by atoms with Gasteiger partial charge < -0.3 is 0 Å². The van der Waals surface area contributed by atoms with Gasteiger partial charge in [0.15, 0.2) is 16.6 Å². The van der Waals surface area contributed by atoms with Gasteiger partial charge in [0.1, 0.15) is 0 Å². The number of halogens is 2. The van der Waals surface area contributed by atoms with E-state index >= 15 is 0 Å². The third-order valence-electron chi connectivity index (χ3n) is 2.34. The van der Waals surface area contributed by atoms with Crippen molar-refractivity contribution in [2.45, 2.75) is 0 Å². The molecular formula is C11H6ClIN4. The highest BCUT2D eigenvalue weighted by atomic mass is 127. The van der Waals surface area contributed by atoms with Crippen molar-refractivity contribution in [2.24, 2.45) is 0 Å². The van der Waals surface area contributed by atoms with Gasteiger partial charge in [-0.3, -0.25) is 0 Å². The quantitative estimate of drug-likeness (QED) is 0.630. The largest absolute Gasteiger partial charge is 0.191 e. The molecule has 0 aliphatic heterocycles. The molecule has 0 saturated heterocycles. The molecule has 3 aromatic rings. The van der Waals surface area contributed by atoms with Crippen LogP contribution in [0, 0.1) is 3.57 Å². The molecule has 0 radical (unpaired) electrons. The van der Waals surface area contributed by atoms with Crippen LogP contribution in [0.4, 0.5) is 0 Å². The molecule has 0 aliphatic rings. The molecule has 0 atom stereocenters. The van der Waals surface area contributed by atoms with Crippen LogP contribution in [0.5, 0.6) is 0 Å². The highest BCUT2D eigenvalue weighted by Crippen LogP contribution is 2.21. The van der Waals surface area contributed by atoms with Gasteiger partial charge in [-0.05, 0) is 22.6 Å². The molecule has 17 heavy (non-hydrogen) atoms. The zero-order valence-electron chi connectivity index (χ0n) is 8.51. The fraction of sp³-hybridized carbons (Fsp3) is 0. The van der Waals surface area contributed by atoms with Gasteiger partial charge in [-0.25, -0.2) is 0 Å². The summed E-state index contributed by atoms with van der Waals surface area (Å²) < 4.78 is 2.52. The van der Waals surface area contributed by atoms with E-state index in [0.29, 0.717) is 16.6 Å². The molecule has 6 heteroatoms. The van der Waals surface area contributed by atoms with Gasteiger partial charge in [-0.15, -0.1) is 10.2 Å². The Morgan fingerprint density at radius 2 is 1.88 bits per heavy atom. The number of fused-ring (bicyclic) bond motifs is 1. The summed E-state index contributed by atoms with van der Waals surface area (Å²) in [5.41, 5.74) is 1.66. The minimum atomic E-state index is 0.454. The van der Waals surface area contributed by atoms with Crippen molar-refractivity contribution in [1.29, 1.82) is 0 Å². The summed E-state index contributed by atoms with van der Waals surface area (Å²) in [5, 5.41) is 12.9. The van der Waals surface area contributed by atoms with Crippen molar-refractivity contribution < 1.29 is 0 Å². The number of nitrogens with zero attached hydrogens (tertiary/aromatic N) is 4. The van der Waals surface area contributed by atoms with E-state index < -0.39 is 0 Å². The Labute approximate surface area is 116 Å². The van der Waals surface area contributed by atoms with E-state index in [2.05, 4.69) is 37.9 Å². The monoisotopic (exact) mass is 356 g/mol. The summed E-state index contributed by atoms with van der Waals surface area (Å²) in [6, 6.07) is 11.6. The first kappa shape index (κ1) is 10.9. The summed E-state index contributed by atoms with van der Waals surface area (Å²) in [5.74, 6) is 0.693. The highest BCUT2D eigenvalue weighted by Gasteiger charge is 2.11. The zero-order chi connectivity index (χ0) is 11.8. The SMILES string of the molecule is Clc1nn2c(-c3ccccc3)nnc2cc1I. The predicted molar refractivity (Wildman–Crippen MR) is 73.9 cm³/mol. The predicted octanol–water partition coefficient (Wildman–Crippen LogP) is 3.05. The molecule has 0 spiro atoms. The van der Waals surface area contributed by atoms with Gasteiger partial charge >= 0.3 is 0 Å². The minimum absolute atomic E-state index is 0.454. The Kier molecular flexibility index (Phi) is 2.71. The number of aromatic nitrogens is 4. The summed E-state index contributed by atoms with van der Waals surface area (Å²) in [7, 11) is 0. The fourth-order valence-corrected chi connectivity index (χ4v) is 2.07. The zero-order valence-corrected chi connectivity index (χ0v) is 11.4. The molecule has 2 heterocycles. The first-order chi connectivity index (χ1) is 8.25. The van der Waals surface area contributed by atoms with Gasteiger partial charge in [-0.2, -0.15) is 9.61 Å². The maximum absolute atomic E-state index is 6.01. The van der Waals surface area contributed by atoms with Gasteiger partial charge in [0.25, 0.3) is 0 Å². The standard InChI is InChI=1S/C11H6ClIN4/c12-10-8(13)6-9-14-15-11(17(9)16-10)7-4-2-1-3-5-7/h1-6H. The molecule has 4 nitrogen and oxygen atoms in total. The molecule has 2 aromatic heterocycles. The lowest BCUT2D eigenvalue weighted by atomic mass is 10.2. The average Bonchev–Trinajstić information content (AvgIpc) is 2.74. The second kappa shape index (κ2) is 4.23. The van der Waals surface area contributed by atoms with E-state index in [0.717, 1.165) is 9.13 Å². The maximum atomic E-state index is 6.01. The van der Waals surface area contributed by atoms with Crippen molar-refractivity contribution in [3.05, 3.63) is 45.1 Å². The van der Waals surface area contributed by atoms with E-state index in [-0.39, 0.29) is 0 Å². The van der Waals surface area contributed by atoms with Gasteiger partial charge in [0.2, 0.25) is 0 Å². The maximum Gasteiger partial charge on any atom is 0.185 e. The normalized spacial score (nSPS) is 10.9. The van der Waals surface area contributed by atoms with E-state index in [1.165, 1.54) is 0 Å². The van der Waals surface area contributed by atoms with Crippen LogP contribution in [0.25, 0.3) is 17.0 Å². The number of benzene rings is 1. The summed E-state index contributed by atoms with van der Waals surface area (Å²) >= 11 is 8.13. The Morgan fingerprint density at radius 3 is 2.65 bits per heavy atom.